The van der Waals surface area contributed by atoms with Crippen LogP contribution in [-0.4, -0.2) is 46.5 Å². The van der Waals surface area contributed by atoms with Gasteiger partial charge in [0.15, 0.2) is 0 Å². The van der Waals surface area contributed by atoms with Gasteiger partial charge >= 0.3 is 7.12 Å². The Balaban J connectivity index is 0.000000921. The first-order valence-corrected chi connectivity index (χ1v) is 5.13. The zero-order chi connectivity index (χ0) is 12.0. The van der Waals surface area contributed by atoms with Crippen molar-refractivity contribution >= 4 is 13.0 Å². The molecule has 1 heterocycles. The minimum Gasteiger partial charge on any atom is -0.426 e. The standard InChI is InChI=1S/C7H13BN2O3.C2H6/c1-5(9)7(11)10-4-2-3-6(10)8(12)13;1-2/h2-3,5-6,12-13H,4,9H2,1H3;1-2H3. The van der Waals surface area contributed by atoms with Crippen LogP contribution in [0.2, 0.25) is 0 Å². The van der Waals surface area contributed by atoms with E-state index < -0.39 is 19.1 Å². The number of hydrogen-bond acceptors (Lipinski definition) is 4. The summed E-state index contributed by atoms with van der Waals surface area (Å²) < 4.78 is 0. The van der Waals surface area contributed by atoms with E-state index in [9.17, 15) is 4.79 Å². The van der Waals surface area contributed by atoms with Gasteiger partial charge in [0.2, 0.25) is 5.91 Å². The van der Waals surface area contributed by atoms with E-state index >= 15 is 0 Å². The highest BCUT2D eigenvalue weighted by atomic mass is 16.4. The van der Waals surface area contributed by atoms with Crippen molar-refractivity contribution in [2.45, 2.75) is 32.8 Å². The van der Waals surface area contributed by atoms with Crippen LogP contribution in [0.3, 0.4) is 0 Å². The van der Waals surface area contributed by atoms with Crippen molar-refractivity contribution < 1.29 is 14.8 Å². The van der Waals surface area contributed by atoms with Crippen molar-refractivity contribution in [3.8, 4) is 0 Å². The molecule has 0 aliphatic carbocycles. The van der Waals surface area contributed by atoms with E-state index in [1.165, 1.54) is 4.90 Å². The normalized spacial score (nSPS) is 20.7. The average molecular weight is 214 g/mol. The molecule has 0 aromatic rings. The lowest BCUT2D eigenvalue weighted by molar-refractivity contribution is -0.131. The highest BCUT2D eigenvalue weighted by Gasteiger charge is 2.34. The molecular formula is C9H19BN2O3. The number of rotatable bonds is 2. The van der Waals surface area contributed by atoms with Crippen LogP contribution in [0.1, 0.15) is 20.8 Å². The Kier molecular flexibility index (Phi) is 6.23. The molecule has 4 N–H and O–H groups in total. The fraction of sp³-hybridized carbons (Fsp3) is 0.667. The molecule has 2 atom stereocenters. The zero-order valence-corrected chi connectivity index (χ0v) is 9.42. The monoisotopic (exact) mass is 214 g/mol. The lowest BCUT2D eigenvalue weighted by Crippen LogP contribution is -2.50. The van der Waals surface area contributed by atoms with Gasteiger partial charge in [-0.05, 0) is 6.92 Å². The van der Waals surface area contributed by atoms with Crippen LogP contribution < -0.4 is 5.73 Å². The zero-order valence-electron chi connectivity index (χ0n) is 9.42. The van der Waals surface area contributed by atoms with Crippen LogP contribution in [0.15, 0.2) is 12.2 Å². The van der Waals surface area contributed by atoms with Gasteiger partial charge in [-0.25, -0.2) is 0 Å². The summed E-state index contributed by atoms with van der Waals surface area (Å²) in [7, 11) is -1.54. The first kappa shape index (κ1) is 14.2. The maximum atomic E-state index is 11.4. The third-order valence-corrected chi connectivity index (χ3v) is 1.97. The third kappa shape index (κ3) is 3.66. The maximum Gasteiger partial charge on any atom is 0.479 e. The molecular weight excluding hydrogens is 195 g/mol. The maximum absolute atomic E-state index is 11.4. The largest absolute Gasteiger partial charge is 0.479 e. The molecule has 0 aromatic carbocycles. The summed E-state index contributed by atoms with van der Waals surface area (Å²) in [6.07, 6.45) is 3.30. The van der Waals surface area contributed by atoms with Crippen molar-refractivity contribution in [3.05, 3.63) is 12.2 Å². The molecule has 15 heavy (non-hydrogen) atoms. The first-order chi connectivity index (χ1) is 7.04. The van der Waals surface area contributed by atoms with Gasteiger partial charge in [-0.1, -0.05) is 26.0 Å². The summed E-state index contributed by atoms with van der Waals surface area (Å²) in [5.74, 6) is -0.929. The molecule has 6 heteroatoms. The van der Waals surface area contributed by atoms with Gasteiger partial charge in [-0.15, -0.1) is 0 Å². The van der Waals surface area contributed by atoms with E-state index in [-0.39, 0.29) is 5.91 Å². The number of nitrogens with zero attached hydrogens (tertiary/aromatic N) is 1. The molecule has 5 nitrogen and oxygen atoms in total. The van der Waals surface area contributed by atoms with Crippen molar-refractivity contribution in [2.24, 2.45) is 5.73 Å². The van der Waals surface area contributed by atoms with Gasteiger partial charge in [-0.2, -0.15) is 0 Å². The summed E-state index contributed by atoms with van der Waals surface area (Å²) in [6, 6.07) is -0.610. The van der Waals surface area contributed by atoms with Crippen LogP contribution in [0.25, 0.3) is 0 Å². The van der Waals surface area contributed by atoms with Gasteiger partial charge in [0.25, 0.3) is 0 Å². The topological polar surface area (TPSA) is 86.8 Å². The molecule has 0 bridgehead atoms. The Bertz CT molecular complexity index is 231. The quantitative estimate of drug-likeness (QED) is 0.412. The summed E-state index contributed by atoms with van der Waals surface area (Å²) in [5, 5.41) is 17.8. The molecule has 0 fully saturated rings. The third-order valence-electron chi connectivity index (χ3n) is 1.97. The van der Waals surface area contributed by atoms with Crippen LogP contribution in [-0.2, 0) is 4.79 Å². The van der Waals surface area contributed by atoms with Gasteiger partial charge in [0.1, 0.15) is 0 Å². The second-order valence-electron chi connectivity index (χ2n) is 3.11. The van der Waals surface area contributed by atoms with E-state index in [0.717, 1.165) is 0 Å². The van der Waals surface area contributed by atoms with Crippen molar-refractivity contribution in [1.29, 1.82) is 0 Å². The molecule has 1 amide bonds. The Morgan fingerprint density at radius 3 is 2.53 bits per heavy atom. The molecule has 0 saturated heterocycles. The van der Waals surface area contributed by atoms with E-state index in [2.05, 4.69) is 0 Å². The minimum atomic E-state index is -1.54. The van der Waals surface area contributed by atoms with Crippen LogP contribution in [0, 0.1) is 0 Å². The molecule has 86 valence electrons. The van der Waals surface area contributed by atoms with E-state index in [1.807, 2.05) is 13.8 Å². The second kappa shape index (κ2) is 6.60. The first-order valence-electron chi connectivity index (χ1n) is 5.13. The van der Waals surface area contributed by atoms with Gasteiger partial charge in [0.05, 0.1) is 12.0 Å². The Morgan fingerprint density at radius 2 is 2.13 bits per heavy atom. The van der Waals surface area contributed by atoms with Gasteiger partial charge in [-0.3, -0.25) is 4.79 Å². The lowest BCUT2D eigenvalue weighted by Gasteiger charge is -2.25. The van der Waals surface area contributed by atoms with Crippen molar-refractivity contribution in [3.63, 3.8) is 0 Å². The highest BCUT2D eigenvalue weighted by molar-refractivity contribution is 6.44. The summed E-state index contributed by atoms with van der Waals surface area (Å²) >= 11 is 0. The molecule has 1 rings (SSSR count). The van der Waals surface area contributed by atoms with Crippen LogP contribution in [0.5, 0.6) is 0 Å². The van der Waals surface area contributed by atoms with Crippen LogP contribution in [0.4, 0.5) is 0 Å². The fourth-order valence-corrected chi connectivity index (χ4v) is 1.30. The highest BCUT2D eigenvalue weighted by Crippen LogP contribution is 2.11. The van der Waals surface area contributed by atoms with Crippen molar-refractivity contribution in [1.82, 2.24) is 4.90 Å². The minimum absolute atomic E-state index is 0.275. The van der Waals surface area contributed by atoms with Crippen LogP contribution >= 0.6 is 0 Å². The smallest absolute Gasteiger partial charge is 0.426 e. The molecule has 0 saturated carbocycles. The molecule has 1 aliphatic rings. The Morgan fingerprint density at radius 1 is 1.60 bits per heavy atom. The number of hydrogen-bond donors (Lipinski definition) is 3. The molecule has 0 radical (unpaired) electrons. The van der Waals surface area contributed by atoms with E-state index in [0.29, 0.717) is 6.54 Å². The van der Waals surface area contributed by atoms with Gasteiger partial charge in [0, 0.05) is 6.54 Å². The predicted octanol–water partition coefficient (Wildman–Crippen LogP) is -0.861. The van der Waals surface area contributed by atoms with Crippen molar-refractivity contribution in [2.75, 3.05) is 6.54 Å². The average Bonchev–Trinajstić information content (AvgIpc) is 2.68. The Labute approximate surface area is 90.7 Å². The number of carbonyl (C=O) groups is 1. The van der Waals surface area contributed by atoms with E-state index in [4.69, 9.17) is 15.8 Å². The number of carbonyl (C=O) groups excluding carboxylic acids is 1. The number of nitrogens with two attached hydrogens (primary N) is 1. The molecule has 2 unspecified atom stereocenters. The lowest BCUT2D eigenvalue weighted by atomic mass is 9.79. The fourth-order valence-electron chi connectivity index (χ4n) is 1.30. The predicted molar refractivity (Wildman–Crippen MR) is 59.8 cm³/mol. The molecule has 0 aromatic heterocycles. The summed E-state index contributed by atoms with van der Waals surface area (Å²) in [5.41, 5.74) is 5.40. The SMILES string of the molecule is CC.CC(N)C(=O)N1CC=CC1B(O)O. The molecule has 1 aliphatic heterocycles. The van der Waals surface area contributed by atoms with E-state index in [1.54, 1.807) is 19.1 Å². The van der Waals surface area contributed by atoms with Gasteiger partial charge < -0.3 is 20.7 Å². The summed E-state index contributed by atoms with van der Waals surface area (Å²) in [4.78, 5) is 12.7. The Hall–Kier alpha value is -0.845. The summed E-state index contributed by atoms with van der Waals surface area (Å²) in [6.45, 7) is 5.96. The number of amides is 1. The second-order valence-corrected chi connectivity index (χ2v) is 3.11. The molecule has 0 spiro atoms.